The molecule has 0 aromatic carbocycles. The van der Waals surface area contributed by atoms with Gasteiger partial charge < -0.3 is 5.11 Å². The van der Waals surface area contributed by atoms with Crippen molar-refractivity contribution >= 4 is 5.97 Å². The van der Waals surface area contributed by atoms with E-state index in [9.17, 15) is 13.6 Å². The molecule has 0 aliphatic carbocycles. The molecule has 1 fully saturated rings. The molecule has 0 aromatic rings. The zero-order valence-electron chi connectivity index (χ0n) is 6.97. The van der Waals surface area contributed by atoms with E-state index >= 15 is 0 Å². The standard InChI is InChI=1S/C7H11F2NO2/c1-6(5(11)12)7(8,9)3-4-10(6)2/h3-4H2,1-2H3,(H,11,12)/t6-/m1/s1. The summed E-state index contributed by atoms with van der Waals surface area (Å²) >= 11 is 0. The Labute approximate surface area is 69.0 Å². The van der Waals surface area contributed by atoms with Crippen molar-refractivity contribution in [2.75, 3.05) is 13.6 Å². The van der Waals surface area contributed by atoms with Crippen molar-refractivity contribution in [1.29, 1.82) is 0 Å². The summed E-state index contributed by atoms with van der Waals surface area (Å²) in [5.41, 5.74) is -2.03. The minimum Gasteiger partial charge on any atom is -0.480 e. The average molecular weight is 179 g/mol. The van der Waals surface area contributed by atoms with Crippen LogP contribution in [0.5, 0.6) is 0 Å². The lowest BCUT2D eigenvalue weighted by molar-refractivity contribution is -0.166. The van der Waals surface area contributed by atoms with Crippen LogP contribution < -0.4 is 0 Å². The number of likely N-dealkylation sites (N-methyl/N-ethyl adjacent to an activating group) is 1. The van der Waals surface area contributed by atoms with Crippen LogP contribution in [-0.2, 0) is 4.79 Å². The van der Waals surface area contributed by atoms with Gasteiger partial charge in [0.1, 0.15) is 0 Å². The molecule has 0 spiro atoms. The highest BCUT2D eigenvalue weighted by Gasteiger charge is 2.62. The highest BCUT2D eigenvalue weighted by Crippen LogP contribution is 2.41. The van der Waals surface area contributed by atoms with Gasteiger partial charge in [0.15, 0.2) is 5.54 Å². The molecule has 0 aromatic heterocycles. The van der Waals surface area contributed by atoms with Gasteiger partial charge in [-0.15, -0.1) is 0 Å². The third-order valence-corrected chi connectivity index (χ3v) is 2.65. The fraction of sp³-hybridized carbons (Fsp3) is 0.857. The summed E-state index contributed by atoms with van der Waals surface area (Å²) in [4.78, 5) is 11.8. The first-order valence-electron chi connectivity index (χ1n) is 3.65. The molecule has 0 amide bonds. The van der Waals surface area contributed by atoms with Gasteiger partial charge in [0.25, 0.3) is 5.92 Å². The molecule has 1 aliphatic heterocycles. The minimum atomic E-state index is -3.13. The zero-order chi connectivity index (χ0) is 9.57. The third kappa shape index (κ3) is 0.924. The number of hydrogen-bond donors (Lipinski definition) is 1. The fourth-order valence-electron chi connectivity index (χ4n) is 1.37. The number of carboxylic acids is 1. The van der Waals surface area contributed by atoms with E-state index in [1.54, 1.807) is 0 Å². The number of alkyl halides is 2. The maximum absolute atomic E-state index is 13.1. The number of nitrogens with zero attached hydrogens (tertiary/aromatic N) is 1. The molecule has 0 saturated carbocycles. The number of carbonyl (C=O) groups is 1. The second-order valence-electron chi connectivity index (χ2n) is 3.25. The van der Waals surface area contributed by atoms with E-state index in [-0.39, 0.29) is 13.0 Å². The van der Waals surface area contributed by atoms with Crippen molar-refractivity contribution in [3.63, 3.8) is 0 Å². The van der Waals surface area contributed by atoms with Crippen LogP contribution in [-0.4, -0.2) is 41.0 Å². The van der Waals surface area contributed by atoms with Crippen LogP contribution in [0.1, 0.15) is 13.3 Å². The predicted octanol–water partition coefficient (Wildman–Crippen LogP) is 0.800. The number of likely N-dealkylation sites (tertiary alicyclic amines) is 1. The van der Waals surface area contributed by atoms with E-state index < -0.39 is 17.4 Å². The summed E-state index contributed by atoms with van der Waals surface area (Å²) in [7, 11) is 1.40. The Morgan fingerprint density at radius 1 is 1.58 bits per heavy atom. The first-order valence-corrected chi connectivity index (χ1v) is 3.65. The van der Waals surface area contributed by atoms with Gasteiger partial charge in [0, 0.05) is 13.0 Å². The summed E-state index contributed by atoms with van der Waals surface area (Å²) in [5, 5.41) is 8.66. The van der Waals surface area contributed by atoms with E-state index in [2.05, 4.69) is 0 Å². The Bertz CT molecular complexity index is 219. The fourth-order valence-corrected chi connectivity index (χ4v) is 1.37. The highest BCUT2D eigenvalue weighted by atomic mass is 19.3. The van der Waals surface area contributed by atoms with Crippen LogP contribution in [0, 0.1) is 0 Å². The Hall–Kier alpha value is -0.710. The molecule has 5 heteroatoms. The van der Waals surface area contributed by atoms with Crippen LogP contribution in [0.2, 0.25) is 0 Å². The van der Waals surface area contributed by atoms with Gasteiger partial charge in [-0.05, 0) is 14.0 Å². The summed E-state index contributed by atoms with van der Waals surface area (Å²) in [6, 6.07) is 0. The molecular formula is C7H11F2NO2. The molecule has 1 heterocycles. The molecule has 12 heavy (non-hydrogen) atoms. The summed E-state index contributed by atoms with van der Waals surface area (Å²) in [6.07, 6.45) is -0.383. The number of hydrogen-bond acceptors (Lipinski definition) is 2. The number of rotatable bonds is 1. The van der Waals surface area contributed by atoms with Crippen molar-refractivity contribution in [2.45, 2.75) is 24.8 Å². The first-order chi connectivity index (χ1) is 5.32. The van der Waals surface area contributed by atoms with Crippen LogP contribution in [0.15, 0.2) is 0 Å². The molecule has 3 nitrogen and oxygen atoms in total. The van der Waals surface area contributed by atoms with Gasteiger partial charge in [-0.25, -0.2) is 13.6 Å². The zero-order valence-corrected chi connectivity index (χ0v) is 6.97. The summed E-state index contributed by atoms with van der Waals surface area (Å²) in [5.74, 6) is -4.60. The summed E-state index contributed by atoms with van der Waals surface area (Å²) in [6.45, 7) is 1.18. The number of carboxylic acid groups (broad SMARTS) is 1. The maximum atomic E-state index is 13.1. The Morgan fingerprint density at radius 2 is 2.08 bits per heavy atom. The van der Waals surface area contributed by atoms with Crippen molar-refractivity contribution < 1.29 is 18.7 Å². The SMILES string of the molecule is CN1CCC(F)(F)[C@@]1(C)C(=O)O. The number of halogens is 2. The molecule has 1 aliphatic rings. The van der Waals surface area contributed by atoms with Crippen LogP contribution in [0.4, 0.5) is 8.78 Å². The monoisotopic (exact) mass is 179 g/mol. The third-order valence-electron chi connectivity index (χ3n) is 2.65. The maximum Gasteiger partial charge on any atom is 0.330 e. The van der Waals surface area contributed by atoms with E-state index in [0.29, 0.717) is 0 Å². The molecule has 0 radical (unpaired) electrons. The molecule has 1 N–H and O–H groups in total. The van der Waals surface area contributed by atoms with Gasteiger partial charge >= 0.3 is 5.97 Å². The van der Waals surface area contributed by atoms with Gasteiger partial charge in [-0.1, -0.05) is 0 Å². The van der Waals surface area contributed by atoms with E-state index in [1.165, 1.54) is 11.9 Å². The van der Waals surface area contributed by atoms with E-state index in [0.717, 1.165) is 6.92 Å². The largest absolute Gasteiger partial charge is 0.480 e. The second-order valence-corrected chi connectivity index (χ2v) is 3.25. The molecule has 1 saturated heterocycles. The quantitative estimate of drug-likeness (QED) is 0.647. The molecule has 0 unspecified atom stereocenters. The lowest BCUT2D eigenvalue weighted by Crippen LogP contribution is -2.56. The van der Waals surface area contributed by atoms with E-state index in [4.69, 9.17) is 5.11 Å². The van der Waals surface area contributed by atoms with Gasteiger partial charge in [-0.2, -0.15) is 0 Å². The molecule has 0 bridgehead atoms. The van der Waals surface area contributed by atoms with E-state index in [1.807, 2.05) is 0 Å². The van der Waals surface area contributed by atoms with Gasteiger partial charge in [0.05, 0.1) is 0 Å². The minimum absolute atomic E-state index is 0.121. The first kappa shape index (κ1) is 9.38. The van der Waals surface area contributed by atoms with Gasteiger partial charge in [0.2, 0.25) is 0 Å². The van der Waals surface area contributed by atoms with Crippen molar-refractivity contribution in [3.05, 3.63) is 0 Å². The van der Waals surface area contributed by atoms with Crippen LogP contribution in [0.25, 0.3) is 0 Å². The molecule has 1 atom stereocenters. The van der Waals surface area contributed by atoms with Crippen molar-refractivity contribution in [2.24, 2.45) is 0 Å². The molecule has 70 valence electrons. The highest BCUT2D eigenvalue weighted by molar-refractivity contribution is 5.80. The molecule has 1 rings (SSSR count). The lowest BCUT2D eigenvalue weighted by atomic mass is 9.95. The number of aliphatic carboxylic acids is 1. The topological polar surface area (TPSA) is 40.5 Å². The Morgan fingerprint density at radius 3 is 2.25 bits per heavy atom. The second kappa shape index (κ2) is 2.39. The lowest BCUT2D eigenvalue weighted by Gasteiger charge is -2.31. The van der Waals surface area contributed by atoms with Crippen molar-refractivity contribution in [1.82, 2.24) is 4.90 Å². The average Bonchev–Trinajstić information content (AvgIpc) is 2.15. The summed E-state index contributed by atoms with van der Waals surface area (Å²) < 4.78 is 26.1. The van der Waals surface area contributed by atoms with Crippen molar-refractivity contribution in [3.8, 4) is 0 Å². The van der Waals surface area contributed by atoms with Gasteiger partial charge in [-0.3, -0.25) is 4.90 Å². The smallest absolute Gasteiger partial charge is 0.330 e. The molecular weight excluding hydrogens is 168 g/mol. The predicted molar refractivity (Wildman–Crippen MR) is 38.2 cm³/mol. The Balaban J connectivity index is 3.06. The Kier molecular flexibility index (Phi) is 1.87. The normalized spacial score (nSPS) is 35.3. The van der Waals surface area contributed by atoms with Crippen LogP contribution in [0.3, 0.4) is 0 Å². The van der Waals surface area contributed by atoms with Crippen LogP contribution >= 0.6 is 0 Å².